The first-order valence-electron chi connectivity index (χ1n) is 7.87. The highest BCUT2D eigenvalue weighted by atomic mass is 14.9. The number of hydrogen-bond acceptors (Lipinski definition) is 2. The Hall–Kier alpha value is -1.41. The van der Waals surface area contributed by atoms with Gasteiger partial charge in [0.25, 0.3) is 0 Å². The predicted molar refractivity (Wildman–Crippen MR) is 86.9 cm³/mol. The van der Waals surface area contributed by atoms with Gasteiger partial charge in [-0.3, -0.25) is 4.98 Å². The zero-order chi connectivity index (χ0) is 14.2. The van der Waals surface area contributed by atoms with E-state index in [2.05, 4.69) is 41.5 Å². The average molecular weight is 270 g/mol. The fourth-order valence-corrected chi connectivity index (χ4v) is 2.71. The molecule has 20 heavy (non-hydrogen) atoms. The van der Waals surface area contributed by atoms with Gasteiger partial charge in [0, 0.05) is 17.6 Å². The number of pyridine rings is 1. The lowest BCUT2D eigenvalue weighted by atomic mass is 10.00. The van der Waals surface area contributed by atoms with Crippen LogP contribution < -0.4 is 5.32 Å². The Labute approximate surface area is 122 Å². The molecule has 0 saturated heterocycles. The second-order valence-corrected chi connectivity index (χ2v) is 5.51. The van der Waals surface area contributed by atoms with E-state index in [1.807, 2.05) is 19.3 Å². The molecule has 1 atom stereocenters. The Morgan fingerprint density at radius 3 is 2.70 bits per heavy atom. The SMILES string of the molecule is CCCCCCCC(NC)c1cnc2ccccc2c1. The van der Waals surface area contributed by atoms with Gasteiger partial charge in [-0.25, -0.2) is 0 Å². The van der Waals surface area contributed by atoms with Gasteiger partial charge >= 0.3 is 0 Å². The number of rotatable bonds is 8. The molecule has 2 nitrogen and oxygen atoms in total. The van der Waals surface area contributed by atoms with Gasteiger partial charge in [0.15, 0.2) is 0 Å². The summed E-state index contributed by atoms with van der Waals surface area (Å²) in [6.07, 6.45) is 9.88. The third kappa shape index (κ3) is 4.04. The highest BCUT2D eigenvalue weighted by Crippen LogP contribution is 2.22. The topological polar surface area (TPSA) is 24.9 Å². The van der Waals surface area contributed by atoms with Gasteiger partial charge in [-0.05, 0) is 31.2 Å². The van der Waals surface area contributed by atoms with E-state index in [1.54, 1.807) is 0 Å². The van der Waals surface area contributed by atoms with Crippen LogP contribution in [0.15, 0.2) is 36.5 Å². The van der Waals surface area contributed by atoms with E-state index in [-0.39, 0.29) is 0 Å². The van der Waals surface area contributed by atoms with E-state index >= 15 is 0 Å². The van der Waals surface area contributed by atoms with Gasteiger partial charge in [-0.2, -0.15) is 0 Å². The largest absolute Gasteiger partial charge is 0.313 e. The zero-order valence-electron chi connectivity index (χ0n) is 12.7. The van der Waals surface area contributed by atoms with Crippen LogP contribution in [0, 0.1) is 0 Å². The van der Waals surface area contributed by atoms with E-state index in [9.17, 15) is 0 Å². The van der Waals surface area contributed by atoms with Crippen LogP contribution in [0.2, 0.25) is 0 Å². The lowest BCUT2D eigenvalue weighted by molar-refractivity contribution is 0.500. The first-order chi connectivity index (χ1) is 9.85. The molecule has 0 aliphatic carbocycles. The quantitative estimate of drug-likeness (QED) is 0.693. The minimum atomic E-state index is 0.425. The molecule has 2 rings (SSSR count). The molecule has 1 heterocycles. The van der Waals surface area contributed by atoms with Crippen molar-refractivity contribution in [2.45, 2.75) is 51.5 Å². The Morgan fingerprint density at radius 1 is 1.10 bits per heavy atom. The van der Waals surface area contributed by atoms with Crippen LogP contribution in [-0.2, 0) is 0 Å². The molecular formula is C18H26N2. The molecular weight excluding hydrogens is 244 g/mol. The highest BCUT2D eigenvalue weighted by Gasteiger charge is 2.09. The Bertz CT molecular complexity index is 522. The predicted octanol–water partition coefficient (Wildman–Crippen LogP) is 4.86. The summed E-state index contributed by atoms with van der Waals surface area (Å²) < 4.78 is 0. The molecule has 2 heteroatoms. The molecule has 0 aliphatic rings. The molecule has 108 valence electrons. The molecule has 0 radical (unpaired) electrons. The van der Waals surface area contributed by atoms with Crippen molar-refractivity contribution in [3.63, 3.8) is 0 Å². The summed E-state index contributed by atoms with van der Waals surface area (Å²) in [5.41, 5.74) is 2.38. The van der Waals surface area contributed by atoms with Gasteiger partial charge in [0.05, 0.1) is 5.52 Å². The van der Waals surface area contributed by atoms with E-state index in [0.29, 0.717) is 6.04 Å². The fraction of sp³-hybridized carbons (Fsp3) is 0.500. The summed E-state index contributed by atoms with van der Waals surface area (Å²) >= 11 is 0. The van der Waals surface area contributed by atoms with Crippen LogP contribution in [0.1, 0.15) is 57.1 Å². The minimum absolute atomic E-state index is 0.425. The maximum atomic E-state index is 4.57. The van der Waals surface area contributed by atoms with E-state index in [0.717, 1.165) is 5.52 Å². The maximum Gasteiger partial charge on any atom is 0.0702 e. The fourth-order valence-electron chi connectivity index (χ4n) is 2.71. The smallest absolute Gasteiger partial charge is 0.0702 e. The third-order valence-electron chi connectivity index (χ3n) is 3.96. The molecule has 0 spiro atoms. The summed E-state index contributed by atoms with van der Waals surface area (Å²) in [6, 6.07) is 11.0. The molecule has 0 bridgehead atoms. The van der Waals surface area contributed by atoms with Crippen molar-refractivity contribution >= 4 is 10.9 Å². The summed E-state index contributed by atoms with van der Waals surface area (Å²) in [7, 11) is 2.05. The molecule has 1 N–H and O–H groups in total. The molecule has 1 unspecified atom stereocenters. The van der Waals surface area contributed by atoms with Crippen molar-refractivity contribution in [3.8, 4) is 0 Å². The Morgan fingerprint density at radius 2 is 1.90 bits per heavy atom. The van der Waals surface area contributed by atoms with Crippen LogP contribution in [0.25, 0.3) is 10.9 Å². The van der Waals surface area contributed by atoms with Crippen LogP contribution in [0.5, 0.6) is 0 Å². The van der Waals surface area contributed by atoms with Gasteiger partial charge in [0.2, 0.25) is 0 Å². The highest BCUT2D eigenvalue weighted by molar-refractivity contribution is 5.78. The second-order valence-electron chi connectivity index (χ2n) is 5.51. The van der Waals surface area contributed by atoms with Gasteiger partial charge in [0.1, 0.15) is 0 Å². The van der Waals surface area contributed by atoms with Crippen molar-refractivity contribution in [3.05, 3.63) is 42.1 Å². The lowest BCUT2D eigenvalue weighted by Gasteiger charge is -2.16. The maximum absolute atomic E-state index is 4.57. The number of hydrogen-bond donors (Lipinski definition) is 1. The van der Waals surface area contributed by atoms with Crippen molar-refractivity contribution in [1.82, 2.24) is 10.3 Å². The van der Waals surface area contributed by atoms with E-state index in [4.69, 9.17) is 0 Å². The summed E-state index contributed by atoms with van der Waals surface area (Å²) in [5.74, 6) is 0. The van der Waals surface area contributed by atoms with Crippen molar-refractivity contribution in [1.29, 1.82) is 0 Å². The van der Waals surface area contributed by atoms with Crippen LogP contribution >= 0.6 is 0 Å². The van der Waals surface area contributed by atoms with Crippen molar-refractivity contribution < 1.29 is 0 Å². The van der Waals surface area contributed by atoms with Crippen LogP contribution in [0.4, 0.5) is 0 Å². The number of para-hydroxylation sites is 1. The van der Waals surface area contributed by atoms with Crippen molar-refractivity contribution in [2.24, 2.45) is 0 Å². The molecule has 0 fully saturated rings. The second kappa shape index (κ2) is 8.01. The molecule has 1 aromatic carbocycles. The molecule has 0 amide bonds. The van der Waals surface area contributed by atoms with Crippen LogP contribution in [-0.4, -0.2) is 12.0 Å². The molecule has 0 aliphatic heterocycles. The molecule has 2 aromatic rings. The standard InChI is InChI=1S/C18H26N2/c1-3-4-5-6-7-11-17(19-2)16-13-15-10-8-9-12-18(15)20-14-16/h8-10,12-14,17,19H,3-7,11H2,1-2H3. The number of unbranched alkanes of at least 4 members (excludes halogenated alkanes) is 4. The lowest BCUT2D eigenvalue weighted by Crippen LogP contribution is -2.16. The van der Waals surface area contributed by atoms with E-state index in [1.165, 1.54) is 49.5 Å². The normalized spacial score (nSPS) is 12.7. The van der Waals surface area contributed by atoms with Gasteiger partial charge < -0.3 is 5.32 Å². The first kappa shape index (κ1) is 15.0. The number of aromatic nitrogens is 1. The summed E-state index contributed by atoms with van der Waals surface area (Å²) in [5, 5.41) is 4.67. The zero-order valence-corrected chi connectivity index (χ0v) is 12.7. The van der Waals surface area contributed by atoms with Crippen LogP contribution in [0.3, 0.4) is 0 Å². The van der Waals surface area contributed by atoms with Gasteiger partial charge in [-0.15, -0.1) is 0 Å². The molecule has 0 saturated carbocycles. The summed E-state index contributed by atoms with van der Waals surface area (Å²) in [4.78, 5) is 4.57. The van der Waals surface area contributed by atoms with E-state index < -0.39 is 0 Å². The number of nitrogens with zero attached hydrogens (tertiary/aromatic N) is 1. The number of nitrogens with one attached hydrogen (secondary N) is 1. The minimum Gasteiger partial charge on any atom is -0.313 e. The number of benzene rings is 1. The third-order valence-corrected chi connectivity index (χ3v) is 3.96. The van der Waals surface area contributed by atoms with Crippen molar-refractivity contribution in [2.75, 3.05) is 7.05 Å². The number of fused-ring (bicyclic) bond motifs is 1. The summed E-state index contributed by atoms with van der Waals surface area (Å²) in [6.45, 7) is 2.26. The average Bonchev–Trinajstić information content (AvgIpc) is 2.50. The Kier molecular flexibility index (Phi) is 6.00. The molecule has 1 aromatic heterocycles. The monoisotopic (exact) mass is 270 g/mol. The van der Waals surface area contributed by atoms with Gasteiger partial charge in [-0.1, -0.05) is 57.2 Å². The first-order valence-corrected chi connectivity index (χ1v) is 7.87. The Balaban J connectivity index is 1.98.